The van der Waals surface area contributed by atoms with Crippen LogP contribution in [0.25, 0.3) is 5.57 Å². The van der Waals surface area contributed by atoms with E-state index in [1.165, 1.54) is 23.3 Å². The number of amides is 1. The molecule has 18 heavy (non-hydrogen) atoms. The van der Waals surface area contributed by atoms with E-state index in [1.807, 2.05) is 11.5 Å². The standard InChI is InChI=1S/C12H13NO4S/c1-17-11(14)9-4-7-18-10(9)8-2-5-13(6-3-8)12(15)16/h2,4,7H,3,5-6H2,1H3,(H,15,16). The molecule has 2 rings (SSSR count). The zero-order valence-electron chi connectivity index (χ0n) is 9.88. The first-order valence-corrected chi connectivity index (χ1v) is 6.34. The lowest BCUT2D eigenvalue weighted by molar-refractivity contribution is 0.0601. The van der Waals surface area contributed by atoms with Crippen LogP contribution < -0.4 is 0 Å². The molecule has 0 saturated heterocycles. The lowest BCUT2D eigenvalue weighted by atomic mass is 10.0. The van der Waals surface area contributed by atoms with Crippen LogP contribution in [0.2, 0.25) is 0 Å². The predicted octanol–water partition coefficient (Wildman–Crippen LogP) is 2.30. The van der Waals surface area contributed by atoms with Crippen LogP contribution in [0.3, 0.4) is 0 Å². The summed E-state index contributed by atoms with van der Waals surface area (Å²) in [6.45, 7) is 0.822. The van der Waals surface area contributed by atoms with Crippen LogP contribution in [0, 0.1) is 0 Å². The highest BCUT2D eigenvalue weighted by Gasteiger charge is 2.21. The first kappa shape index (κ1) is 12.6. The maximum absolute atomic E-state index is 11.6. The molecule has 2 heterocycles. The van der Waals surface area contributed by atoms with Crippen molar-refractivity contribution in [3.63, 3.8) is 0 Å². The average Bonchev–Trinajstić information content (AvgIpc) is 2.87. The van der Waals surface area contributed by atoms with Gasteiger partial charge in [0.25, 0.3) is 0 Å². The fraction of sp³-hybridized carbons (Fsp3) is 0.333. The Hall–Kier alpha value is -1.82. The molecule has 0 spiro atoms. The molecular formula is C12H13NO4S. The van der Waals surface area contributed by atoms with Gasteiger partial charge in [0.1, 0.15) is 0 Å². The van der Waals surface area contributed by atoms with Gasteiger partial charge in [-0.15, -0.1) is 11.3 Å². The Labute approximate surface area is 108 Å². The summed E-state index contributed by atoms with van der Waals surface area (Å²) in [7, 11) is 1.35. The van der Waals surface area contributed by atoms with Crippen LogP contribution in [0.15, 0.2) is 17.5 Å². The van der Waals surface area contributed by atoms with E-state index in [-0.39, 0.29) is 5.97 Å². The summed E-state index contributed by atoms with van der Waals surface area (Å²) in [6, 6.07) is 1.73. The quantitative estimate of drug-likeness (QED) is 0.835. The molecule has 6 heteroatoms. The molecule has 0 aromatic carbocycles. The molecule has 1 aliphatic heterocycles. The summed E-state index contributed by atoms with van der Waals surface area (Å²) in [6.07, 6.45) is 1.57. The summed E-state index contributed by atoms with van der Waals surface area (Å²) in [5.74, 6) is -0.354. The van der Waals surface area contributed by atoms with Crippen LogP contribution in [0.4, 0.5) is 4.79 Å². The maximum Gasteiger partial charge on any atom is 0.407 e. The van der Waals surface area contributed by atoms with Gasteiger partial charge >= 0.3 is 12.1 Å². The molecule has 0 unspecified atom stereocenters. The second-order valence-electron chi connectivity index (χ2n) is 3.86. The van der Waals surface area contributed by atoms with E-state index in [9.17, 15) is 9.59 Å². The van der Waals surface area contributed by atoms with Gasteiger partial charge in [0.2, 0.25) is 0 Å². The van der Waals surface area contributed by atoms with Crippen molar-refractivity contribution in [2.45, 2.75) is 6.42 Å². The normalized spacial score (nSPS) is 15.2. The van der Waals surface area contributed by atoms with Crippen molar-refractivity contribution in [1.82, 2.24) is 4.90 Å². The van der Waals surface area contributed by atoms with E-state index in [4.69, 9.17) is 9.84 Å². The van der Waals surface area contributed by atoms with Gasteiger partial charge in [-0.3, -0.25) is 0 Å². The fourth-order valence-corrected chi connectivity index (χ4v) is 2.83. The molecule has 5 nitrogen and oxygen atoms in total. The zero-order chi connectivity index (χ0) is 13.1. The smallest absolute Gasteiger partial charge is 0.407 e. The Bertz CT molecular complexity index is 506. The highest BCUT2D eigenvalue weighted by atomic mass is 32.1. The molecule has 0 atom stereocenters. The van der Waals surface area contributed by atoms with E-state index in [0.29, 0.717) is 25.1 Å². The van der Waals surface area contributed by atoms with Gasteiger partial charge < -0.3 is 14.7 Å². The number of thiophene rings is 1. The van der Waals surface area contributed by atoms with Crippen LogP contribution in [-0.2, 0) is 4.74 Å². The summed E-state index contributed by atoms with van der Waals surface area (Å²) < 4.78 is 4.72. The van der Waals surface area contributed by atoms with Gasteiger partial charge in [0.05, 0.1) is 12.7 Å². The summed E-state index contributed by atoms with van der Waals surface area (Å²) >= 11 is 1.47. The molecule has 0 bridgehead atoms. The van der Waals surface area contributed by atoms with Gasteiger partial charge in [-0.2, -0.15) is 0 Å². The minimum atomic E-state index is -0.912. The number of esters is 1. The fourth-order valence-electron chi connectivity index (χ4n) is 1.88. The largest absolute Gasteiger partial charge is 0.465 e. The molecule has 1 aliphatic rings. The summed E-state index contributed by atoms with van der Waals surface area (Å²) in [5, 5.41) is 10.7. The number of hydrogen-bond donors (Lipinski definition) is 1. The number of hydrogen-bond acceptors (Lipinski definition) is 4. The molecule has 1 amide bonds. The third-order valence-electron chi connectivity index (χ3n) is 2.84. The van der Waals surface area contributed by atoms with E-state index in [2.05, 4.69) is 0 Å². The lowest BCUT2D eigenvalue weighted by Gasteiger charge is -2.23. The molecule has 0 saturated carbocycles. The molecule has 0 fully saturated rings. The molecular weight excluding hydrogens is 254 g/mol. The number of carbonyl (C=O) groups is 2. The van der Waals surface area contributed by atoms with E-state index in [1.54, 1.807) is 6.07 Å². The Kier molecular flexibility index (Phi) is 3.66. The molecule has 1 N–H and O–H groups in total. The molecule has 96 valence electrons. The summed E-state index contributed by atoms with van der Waals surface area (Å²) in [4.78, 5) is 24.6. The minimum absolute atomic E-state index is 0.354. The third kappa shape index (κ3) is 2.38. The number of carboxylic acid groups (broad SMARTS) is 1. The number of nitrogens with zero attached hydrogens (tertiary/aromatic N) is 1. The molecule has 1 aromatic rings. The van der Waals surface area contributed by atoms with Crippen molar-refractivity contribution < 1.29 is 19.4 Å². The number of ether oxygens (including phenoxy) is 1. The Morgan fingerprint density at radius 1 is 1.50 bits per heavy atom. The van der Waals surface area contributed by atoms with Crippen molar-refractivity contribution in [2.75, 3.05) is 20.2 Å². The van der Waals surface area contributed by atoms with Gasteiger partial charge in [0, 0.05) is 18.0 Å². The highest BCUT2D eigenvalue weighted by molar-refractivity contribution is 7.11. The molecule has 1 aromatic heterocycles. The van der Waals surface area contributed by atoms with Crippen LogP contribution >= 0.6 is 11.3 Å². The molecule has 0 aliphatic carbocycles. The van der Waals surface area contributed by atoms with Crippen LogP contribution in [0.1, 0.15) is 21.7 Å². The van der Waals surface area contributed by atoms with Crippen molar-refractivity contribution in [2.24, 2.45) is 0 Å². The Morgan fingerprint density at radius 3 is 2.83 bits per heavy atom. The Balaban J connectivity index is 2.21. The minimum Gasteiger partial charge on any atom is -0.465 e. The monoisotopic (exact) mass is 267 g/mol. The van der Waals surface area contributed by atoms with E-state index >= 15 is 0 Å². The van der Waals surface area contributed by atoms with E-state index < -0.39 is 6.09 Å². The predicted molar refractivity (Wildman–Crippen MR) is 67.9 cm³/mol. The lowest BCUT2D eigenvalue weighted by Crippen LogP contribution is -2.33. The van der Waals surface area contributed by atoms with Gasteiger partial charge in [0.15, 0.2) is 0 Å². The van der Waals surface area contributed by atoms with Gasteiger partial charge in [-0.25, -0.2) is 9.59 Å². The zero-order valence-corrected chi connectivity index (χ0v) is 10.7. The van der Waals surface area contributed by atoms with Crippen LogP contribution in [-0.4, -0.2) is 42.3 Å². The second-order valence-corrected chi connectivity index (χ2v) is 4.78. The van der Waals surface area contributed by atoms with Crippen molar-refractivity contribution in [3.05, 3.63) is 28.0 Å². The van der Waals surface area contributed by atoms with Crippen LogP contribution in [0.5, 0.6) is 0 Å². The highest BCUT2D eigenvalue weighted by Crippen LogP contribution is 2.30. The third-order valence-corrected chi connectivity index (χ3v) is 3.83. The number of rotatable bonds is 2. The van der Waals surface area contributed by atoms with Gasteiger partial charge in [-0.05, 0) is 23.4 Å². The summed E-state index contributed by atoms with van der Waals surface area (Å²) in [5.41, 5.74) is 1.57. The number of carbonyl (C=O) groups excluding carboxylic acids is 1. The molecule has 0 radical (unpaired) electrons. The topological polar surface area (TPSA) is 66.8 Å². The van der Waals surface area contributed by atoms with Gasteiger partial charge in [-0.1, -0.05) is 6.08 Å². The van der Waals surface area contributed by atoms with Crippen molar-refractivity contribution >= 4 is 29.0 Å². The second kappa shape index (κ2) is 5.22. The van der Waals surface area contributed by atoms with E-state index in [0.717, 1.165) is 10.5 Å². The van der Waals surface area contributed by atoms with Crippen molar-refractivity contribution in [3.8, 4) is 0 Å². The first-order valence-electron chi connectivity index (χ1n) is 5.46. The Morgan fingerprint density at radius 2 is 2.28 bits per heavy atom. The van der Waals surface area contributed by atoms with Crippen molar-refractivity contribution in [1.29, 1.82) is 0 Å². The maximum atomic E-state index is 11.6. The average molecular weight is 267 g/mol. The first-order chi connectivity index (χ1) is 8.63. The SMILES string of the molecule is COC(=O)c1ccsc1C1=CCN(C(=O)O)CC1. The number of methoxy groups -OCH3 is 1.